The first-order valence-corrected chi connectivity index (χ1v) is 10.2. The van der Waals surface area contributed by atoms with E-state index in [1.54, 1.807) is 14.0 Å². The van der Waals surface area contributed by atoms with E-state index < -0.39 is 17.6 Å². The van der Waals surface area contributed by atoms with E-state index in [1.807, 2.05) is 34.6 Å². The van der Waals surface area contributed by atoms with Gasteiger partial charge in [0.05, 0.1) is 24.4 Å². The monoisotopic (exact) mass is 416 g/mol. The molecule has 0 heterocycles. The molecule has 29 heavy (non-hydrogen) atoms. The first-order chi connectivity index (χ1) is 13.3. The molecule has 0 saturated carbocycles. The van der Waals surface area contributed by atoms with Gasteiger partial charge in [0.1, 0.15) is 11.8 Å². The zero-order valence-corrected chi connectivity index (χ0v) is 19.1. The Morgan fingerprint density at radius 2 is 1.62 bits per heavy atom. The second-order valence-electron chi connectivity index (χ2n) is 8.75. The molecule has 0 spiro atoms. The molecule has 0 aromatic heterocycles. The van der Waals surface area contributed by atoms with Crippen molar-refractivity contribution in [2.75, 3.05) is 26.8 Å². The van der Waals surface area contributed by atoms with Gasteiger partial charge in [0.2, 0.25) is 5.91 Å². The van der Waals surface area contributed by atoms with E-state index in [4.69, 9.17) is 14.6 Å². The van der Waals surface area contributed by atoms with Crippen LogP contribution in [-0.2, 0) is 23.9 Å². The molecule has 0 fully saturated rings. The lowest BCUT2D eigenvalue weighted by molar-refractivity contribution is -0.139. The average molecular weight is 417 g/mol. The van der Waals surface area contributed by atoms with Crippen LogP contribution in [0.2, 0.25) is 0 Å². The van der Waals surface area contributed by atoms with Gasteiger partial charge in [0.15, 0.2) is 0 Å². The predicted octanol–water partition coefficient (Wildman–Crippen LogP) is 2.15. The van der Waals surface area contributed by atoms with Crippen LogP contribution in [0.1, 0.15) is 67.2 Å². The molecule has 0 rings (SSSR count). The lowest BCUT2D eigenvalue weighted by Crippen LogP contribution is -2.37. The Hall–Kier alpha value is -1.51. The first kappa shape index (κ1) is 27.5. The summed E-state index contributed by atoms with van der Waals surface area (Å²) in [7, 11) is 1.56. The van der Waals surface area contributed by atoms with Crippen molar-refractivity contribution >= 4 is 17.7 Å². The average Bonchev–Trinajstić information content (AvgIpc) is 2.58. The Morgan fingerprint density at radius 1 is 1.03 bits per heavy atom. The van der Waals surface area contributed by atoms with Gasteiger partial charge in [-0.2, -0.15) is 0 Å². The fourth-order valence-corrected chi connectivity index (χ4v) is 2.86. The molecule has 0 aliphatic heterocycles. The maximum absolute atomic E-state index is 11.8. The van der Waals surface area contributed by atoms with Gasteiger partial charge in [-0.05, 0) is 60.9 Å². The summed E-state index contributed by atoms with van der Waals surface area (Å²) in [6.45, 7) is 12.6. The summed E-state index contributed by atoms with van der Waals surface area (Å²) in [5.74, 6) is -1.03. The molecular weight excluding hydrogens is 376 g/mol. The second-order valence-corrected chi connectivity index (χ2v) is 8.75. The van der Waals surface area contributed by atoms with Gasteiger partial charge in [-0.3, -0.25) is 14.4 Å². The Labute approximate surface area is 175 Å². The van der Waals surface area contributed by atoms with Crippen molar-refractivity contribution in [1.82, 2.24) is 10.6 Å². The van der Waals surface area contributed by atoms with Gasteiger partial charge in [0, 0.05) is 18.9 Å². The van der Waals surface area contributed by atoms with Crippen molar-refractivity contribution in [3.8, 4) is 0 Å². The number of ketones is 1. The van der Waals surface area contributed by atoms with E-state index in [1.165, 1.54) is 0 Å². The quantitative estimate of drug-likeness (QED) is 0.330. The first-order valence-electron chi connectivity index (χ1n) is 10.2. The zero-order chi connectivity index (χ0) is 22.7. The maximum atomic E-state index is 11.8. The lowest BCUT2D eigenvalue weighted by Gasteiger charge is -2.31. The van der Waals surface area contributed by atoms with E-state index in [-0.39, 0.29) is 36.1 Å². The fourth-order valence-electron chi connectivity index (χ4n) is 2.86. The Morgan fingerprint density at radius 3 is 2.14 bits per heavy atom. The van der Waals surface area contributed by atoms with Crippen LogP contribution in [0.3, 0.4) is 0 Å². The lowest BCUT2D eigenvalue weighted by atomic mass is 9.92. The van der Waals surface area contributed by atoms with E-state index in [9.17, 15) is 14.4 Å². The number of hydrogen-bond donors (Lipinski definition) is 3. The number of Topliss-reactive ketones (excluding diaryl/α,β-unsaturated/α-hetero) is 1. The largest absolute Gasteiger partial charge is 0.480 e. The predicted molar refractivity (Wildman–Crippen MR) is 112 cm³/mol. The number of carbonyl (C=O) groups excluding carboxylic acids is 2. The standard InChI is InChI=1S/C21H40N2O6/c1-15(16(2)24)14-21(5,6)28-12-10-20(3,4)29-13-11-23-18(25)9-8-17(22-7)19(26)27/h15,17,22H,8-14H2,1-7H3,(H,23,25)(H,26,27). The molecule has 8 nitrogen and oxygen atoms in total. The van der Waals surface area contributed by atoms with Crippen LogP contribution in [0, 0.1) is 5.92 Å². The molecule has 1 amide bonds. The number of carboxylic acids is 1. The highest BCUT2D eigenvalue weighted by molar-refractivity contribution is 5.78. The van der Waals surface area contributed by atoms with Crippen LogP contribution >= 0.6 is 0 Å². The number of rotatable bonds is 16. The molecule has 0 aliphatic carbocycles. The van der Waals surface area contributed by atoms with Crippen molar-refractivity contribution in [2.45, 2.75) is 84.5 Å². The summed E-state index contributed by atoms with van der Waals surface area (Å²) in [5, 5.41) is 14.3. The van der Waals surface area contributed by atoms with E-state index in [0.717, 1.165) is 0 Å². The summed E-state index contributed by atoms with van der Waals surface area (Å²) in [5.41, 5.74) is -0.788. The van der Waals surface area contributed by atoms with Gasteiger partial charge in [0.25, 0.3) is 0 Å². The Balaban J connectivity index is 4.07. The summed E-state index contributed by atoms with van der Waals surface area (Å²) >= 11 is 0. The van der Waals surface area contributed by atoms with Crippen LogP contribution in [0.15, 0.2) is 0 Å². The molecule has 0 radical (unpaired) electrons. The van der Waals surface area contributed by atoms with Crippen LogP contribution in [0.5, 0.6) is 0 Å². The van der Waals surface area contributed by atoms with Crippen LogP contribution in [0.4, 0.5) is 0 Å². The number of carbonyl (C=O) groups is 3. The van der Waals surface area contributed by atoms with E-state index in [0.29, 0.717) is 32.6 Å². The Bertz CT molecular complexity index is 533. The summed E-state index contributed by atoms with van der Waals surface area (Å²) in [4.78, 5) is 34.1. The molecule has 8 heteroatoms. The van der Waals surface area contributed by atoms with Gasteiger partial charge < -0.3 is 25.2 Å². The molecule has 0 aliphatic rings. The molecule has 0 bridgehead atoms. The number of ether oxygens (including phenoxy) is 2. The smallest absolute Gasteiger partial charge is 0.320 e. The molecule has 0 aromatic rings. The normalized spacial score (nSPS) is 14.3. The number of carboxylic acid groups (broad SMARTS) is 1. The molecular formula is C21H40N2O6. The van der Waals surface area contributed by atoms with Crippen molar-refractivity contribution < 1.29 is 29.0 Å². The number of amides is 1. The maximum Gasteiger partial charge on any atom is 0.320 e. The third-order valence-electron chi connectivity index (χ3n) is 4.91. The highest BCUT2D eigenvalue weighted by atomic mass is 16.5. The molecule has 3 N–H and O–H groups in total. The number of nitrogens with one attached hydrogen (secondary N) is 2. The summed E-state index contributed by atoms with van der Waals surface area (Å²) < 4.78 is 11.8. The van der Waals surface area contributed by atoms with E-state index in [2.05, 4.69) is 10.6 Å². The van der Waals surface area contributed by atoms with Crippen LogP contribution < -0.4 is 10.6 Å². The minimum Gasteiger partial charge on any atom is -0.480 e. The molecule has 0 aromatic carbocycles. The number of hydrogen-bond acceptors (Lipinski definition) is 6. The summed E-state index contributed by atoms with van der Waals surface area (Å²) in [6, 6.07) is -0.724. The van der Waals surface area contributed by atoms with Gasteiger partial charge >= 0.3 is 5.97 Å². The minimum absolute atomic E-state index is 0.0308. The number of aliphatic carboxylic acids is 1. The van der Waals surface area contributed by atoms with Gasteiger partial charge in [-0.25, -0.2) is 0 Å². The Kier molecular flexibility index (Phi) is 12.3. The summed E-state index contributed by atoms with van der Waals surface area (Å²) in [6.07, 6.45) is 1.73. The third-order valence-corrected chi connectivity index (χ3v) is 4.91. The van der Waals surface area contributed by atoms with Crippen molar-refractivity contribution in [3.63, 3.8) is 0 Å². The van der Waals surface area contributed by atoms with E-state index >= 15 is 0 Å². The highest BCUT2D eigenvalue weighted by Gasteiger charge is 2.26. The van der Waals surface area contributed by atoms with Crippen LogP contribution in [0.25, 0.3) is 0 Å². The SMILES string of the molecule is CNC(CCC(=O)NCCOC(C)(C)CCOC(C)(C)CC(C)C(C)=O)C(=O)O. The topological polar surface area (TPSA) is 114 Å². The van der Waals surface area contributed by atoms with Gasteiger partial charge in [-0.1, -0.05) is 6.92 Å². The molecule has 2 unspecified atom stereocenters. The van der Waals surface area contributed by atoms with Crippen molar-refractivity contribution in [3.05, 3.63) is 0 Å². The molecule has 2 atom stereocenters. The highest BCUT2D eigenvalue weighted by Crippen LogP contribution is 2.23. The van der Waals surface area contributed by atoms with Crippen molar-refractivity contribution in [2.24, 2.45) is 5.92 Å². The minimum atomic E-state index is -0.966. The van der Waals surface area contributed by atoms with Crippen LogP contribution in [-0.4, -0.2) is 66.8 Å². The molecule has 170 valence electrons. The van der Waals surface area contributed by atoms with Crippen molar-refractivity contribution in [1.29, 1.82) is 0 Å². The fraction of sp³-hybridized carbons (Fsp3) is 0.857. The van der Waals surface area contributed by atoms with Gasteiger partial charge in [-0.15, -0.1) is 0 Å². The second kappa shape index (κ2) is 12.9. The third kappa shape index (κ3) is 13.4. The number of likely N-dealkylation sites (N-methyl/N-ethyl adjacent to an activating group) is 1. The zero-order valence-electron chi connectivity index (χ0n) is 19.1. The molecule has 0 saturated heterocycles.